The maximum absolute atomic E-state index is 12.1. The first-order valence-electron chi connectivity index (χ1n) is 7.77. The van der Waals surface area contributed by atoms with E-state index in [-0.39, 0.29) is 24.4 Å². The van der Waals surface area contributed by atoms with E-state index in [0.717, 1.165) is 17.7 Å². The molecule has 1 aromatic carbocycles. The van der Waals surface area contributed by atoms with Gasteiger partial charge in [0.05, 0.1) is 11.7 Å². The average Bonchev–Trinajstić information content (AvgIpc) is 3.23. The van der Waals surface area contributed by atoms with Gasteiger partial charge in [-0.15, -0.1) is 23.7 Å². The van der Waals surface area contributed by atoms with Crippen LogP contribution in [-0.2, 0) is 11.2 Å². The summed E-state index contributed by atoms with van der Waals surface area (Å²) in [5.74, 6) is -0.0193. The number of thiazole rings is 1. The molecule has 1 amide bonds. The highest BCUT2D eigenvalue weighted by Gasteiger charge is 2.25. The smallest absolute Gasteiger partial charge is 0.243 e. The van der Waals surface area contributed by atoms with Gasteiger partial charge in [0.2, 0.25) is 5.91 Å². The van der Waals surface area contributed by atoms with Crippen molar-refractivity contribution in [2.45, 2.75) is 45.2 Å². The molecule has 1 unspecified atom stereocenters. The summed E-state index contributed by atoms with van der Waals surface area (Å²) < 4.78 is 0. The molecule has 1 aliphatic rings. The number of aromatic nitrogens is 1. The van der Waals surface area contributed by atoms with Crippen LogP contribution in [0.4, 0.5) is 5.13 Å². The van der Waals surface area contributed by atoms with Crippen molar-refractivity contribution in [3.8, 4) is 11.3 Å². The first-order valence-corrected chi connectivity index (χ1v) is 8.65. The predicted molar refractivity (Wildman–Crippen MR) is 98.4 cm³/mol. The molecule has 124 valence electrons. The maximum Gasteiger partial charge on any atom is 0.243 e. The van der Waals surface area contributed by atoms with Gasteiger partial charge < -0.3 is 10.6 Å². The number of hydrogen-bond acceptors (Lipinski definition) is 4. The molecular weight excluding hydrogens is 330 g/mol. The van der Waals surface area contributed by atoms with Crippen LogP contribution in [0.1, 0.15) is 32.3 Å². The first kappa shape index (κ1) is 17.9. The van der Waals surface area contributed by atoms with E-state index in [1.165, 1.54) is 29.7 Å². The SMILES string of the molecule is CCc1ccc(-c2csc(NC(=O)C(C)NC3CC3)n2)cc1.Cl. The second-order valence-electron chi connectivity index (χ2n) is 5.74. The third-order valence-electron chi connectivity index (χ3n) is 3.85. The van der Waals surface area contributed by atoms with Crippen molar-refractivity contribution >= 4 is 34.8 Å². The molecule has 6 heteroatoms. The number of carbonyl (C=O) groups is 1. The lowest BCUT2D eigenvalue weighted by Crippen LogP contribution is -2.39. The zero-order valence-corrected chi connectivity index (χ0v) is 15.0. The summed E-state index contributed by atoms with van der Waals surface area (Å²) in [6.45, 7) is 4.04. The summed E-state index contributed by atoms with van der Waals surface area (Å²) in [4.78, 5) is 16.6. The summed E-state index contributed by atoms with van der Waals surface area (Å²) >= 11 is 1.46. The van der Waals surface area contributed by atoms with Crippen LogP contribution in [0.15, 0.2) is 29.6 Å². The molecule has 0 bridgehead atoms. The minimum Gasteiger partial charge on any atom is -0.303 e. The Morgan fingerprint density at radius 1 is 1.35 bits per heavy atom. The molecule has 1 heterocycles. The lowest BCUT2D eigenvalue weighted by atomic mass is 10.1. The van der Waals surface area contributed by atoms with Crippen molar-refractivity contribution in [1.29, 1.82) is 0 Å². The Morgan fingerprint density at radius 2 is 2.04 bits per heavy atom. The van der Waals surface area contributed by atoms with E-state index < -0.39 is 0 Å². The second kappa shape index (κ2) is 7.90. The Morgan fingerprint density at radius 3 is 2.65 bits per heavy atom. The van der Waals surface area contributed by atoms with Crippen LogP contribution in [0.5, 0.6) is 0 Å². The monoisotopic (exact) mass is 351 g/mol. The predicted octanol–water partition coefficient (Wildman–Crippen LogP) is 3.87. The largest absolute Gasteiger partial charge is 0.303 e. The number of halogens is 1. The van der Waals surface area contributed by atoms with E-state index in [1.807, 2.05) is 12.3 Å². The van der Waals surface area contributed by atoms with Crippen molar-refractivity contribution in [1.82, 2.24) is 10.3 Å². The molecule has 1 atom stereocenters. The van der Waals surface area contributed by atoms with Crippen molar-refractivity contribution in [3.63, 3.8) is 0 Å². The molecule has 2 N–H and O–H groups in total. The van der Waals surface area contributed by atoms with Gasteiger partial charge in [0.1, 0.15) is 0 Å². The second-order valence-corrected chi connectivity index (χ2v) is 6.60. The van der Waals surface area contributed by atoms with Gasteiger partial charge in [-0.2, -0.15) is 0 Å². The zero-order chi connectivity index (χ0) is 15.5. The Labute approximate surface area is 147 Å². The maximum atomic E-state index is 12.1. The van der Waals surface area contributed by atoms with Gasteiger partial charge in [-0.25, -0.2) is 4.98 Å². The lowest BCUT2D eigenvalue weighted by molar-refractivity contribution is -0.117. The number of nitrogens with zero attached hydrogens (tertiary/aromatic N) is 1. The van der Waals surface area contributed by atoms with Gasteiger partial charge in [-0.3, -0.25) is 4.79 Å². The number of carbonyl (C=O) groups excluding carboxylic acids is 1. The fourth-order valence-corrected chi connectivity index (χ4v) is 2.99. The Bertz CT molecular complexity index is 652. The van der Waals surface area contributed by atoms with Gasteiger partial charge in [-0.05, 0) is 31.7 Å². The minimum absolute atomic E-state index is 0. The number of nitrogens with one attached hydrogen (secondary N) is 2. The molecule has 0 aliphatic heterocycles. The molecular formula is C17H22ClN3OS. The van der Waals surface area contributed by atoms with Gasteiger partial charge in [0.25, 0.3) is 0 Å². The summed E-state index contributed by atoms with van der Waals surface area (Å²) in [5.41, 5.74) is 3.30. The molecule has 3 rings (SSSR count). The quantitative estimate of drug-likeness (QED) is 0.830. The number of hydrogen-bond donors (Lipinski definition) is 2. The molecule has 4 nitrogen and oxygen atoms in total. The van der Waals surface area contributed by atoms with Crippen molar-refractivity contribution in [2.24, 2.45) is 0 Å². The van der Waals surface area contributed by atoms with Crippen molar-refractivity contribution < 1.29 is 4.79 Å². The summed E-state index contributed by atoms with van der Waals surface area (Å²) in [7, 11) is 0. The fourth-order valence-electron chi connectivity index (χ4n) is 2.27. The summed E-state index contributed by atoms with van der Waals surface area (Å²) in [6.07, 6.45) is 3.38. The van der Waals surface area contributed by atoms with Crippen LogP contribution in [-0.4, -0.2) is 23.0 Å². The van der Waals surface area contributed by atoms with Crippen LogP contribution < -0.4 is 10.6 Å². The molecule has 23 heavy (non-hydrogen) atoms. The van der Waals surface area contributed by atoms with E-state index >= 15 is 0 Å². The van der Waals surface area contributed by atoms with Crippen molar-refractivity contribution in [3.05, 3.63) is 35.2 Å². The highest BCUT2D eigenvalue weighted by Crippen LogP contribution is 2.25. The highest BCUT2D eigenvalue weighted by molar-refractivity contribution is 7.14. The number of anilines is 1. The first-order chi connectivity index (χ1) is 10.7. The van der Waals surface area contributed by atoms with Crippen LogP contribution >= 0.6 is 23.7 Å². The van der Waals surface area contributed by atoms with Crippen LogP contribution in [0.3, 0.4) is 0 Å². The number of amides is 1. The Balaban J connectivity index is 0.00000192. The molecule has 0 saturated heterocycles. The minimum atomic E-state index is -0.177. The van der Waals surface area contributed by atoms with Crippen LogP contribution in [0, 0.1) is 0 Å². The van der Waals surface area contributed by atoms with E-state index in [0.29, 0.717) is 11.2 Å². The van der Waals surface area contributed by atoms with Gasteiger partial charge in [0, 0.05) is 17.0 Å². The molecule has 1 aliphatic carbocycles. The van der Waals surface area contributed by atoms with Crippen LogP contribution in [0.25, 0.3) is 11.3 Å². The lowest BCUT2D eigenvalue weighted by Gasteiger charge is -2.11. The van der Waals surface area contributed by atoms with Gasteiger partial charge in [-0.1, -0.05) is 31.2 Å². The zero-order valence-electron chi connectivity index (χ0n) is 13.3. The standard InChI is InChI=1S/C17H21N3OS.ClH/c1-3-12-4-6-13(7-5-12)15-10-22-17(19-15)20-16(21)11(2)18-14-8-9-14;/h4-7,10-11,14,18H,3,8-9H2,1-2H3,(H,19,20,21);1H. The normalized spacial score (nSPS) is 14.9. The number of aryl methyl sites for hydroxylation is 1. The molecule has 2 aromatic rings. The number of benzene rings is 1. The average molecular weight is 352 g/mol. The van der Waals surface area contributed by atoms with Crippen molar-refractivity contribution in [2.75, 3.05) is 5.32 Å². The fraction of sp³-hybridized carbons (Fsp3) is 0.412. The van der Waals surface area contributed by atoms with Crippen LogP contribution in [0.2, 0.25) is 0 Å². The third-order valence-corrected chi connectivity index (χ3v) is 4.61. The molecule has 0 spiro atoms. The van der Waals surface area contributed by atoms with Gasteiger partial charge >= 0.3 is 0 Å². The van der Waals surface area contributed by atoms with Gasteiger partial charge in [0.15, 0.2) is 5.13 Å². The van der Waals surface area contributed by atoms with E-state index in [9.17, 15) is 4.79 Å². The van der Waals surface area contributed by atoms with E-state index in [4.69, 9.17) is 0 Å². The molecule has 1 aromatic heterocycles. The highest BCUT2D eigenvalue weighted by atomic mass is 35.5. The summed E-state index contributed by atoms with van der Waals surface area (Å²) in [5, 5.41) is 8.82. The Kier molecular flexibility index (Phi) is 6.16. The van der Waals surface area contributed by atoms with E-state index in [2.05, 4.69) is 46.8 Å². The van der Waals surface area contributed by atoms with E-state index in [1.54, 1.807) is 0 Å². The number of rotatable bonds is 6. The molecule has 1 fully saturated rings. The summed E-state index contributed by atoms with van der Waals surface area (Å²) in [6, 6.07) is 8.74. The molecule has 1 saturated carbocycles. The Hall–Kier alpha value is -1.43. The molecule has 0 radical (unpaired) electrons. The third kappa shape index (κ3) is 4.77. The topological polar surface area (TPSA) is 54.0 Å².